The number of para-hydroxylation sites is 1. The van der Waals surface area contributed by atoms with Crippen molar-refractivity contribution in [3.8, 4) is 0 Å². The van der Waals surface area contributed by atoms with Crippen LogP contribution in [0.3, 0.4) is 0 Å². The number of halogens is 1. The second-order valence-corrected chi connectivity index (χ2v) is 5.06. The molecule has 2 aromatic carbocycles. The largest absolute Gasteiger partial charge is 1.00 e. The molecule has 0 saturated carbocycles. The molecule has 0 aliphatic carbocycles. The molecule has 0 N–H and O–H groups in total. The van der Waals surface area contributed by atoms with Crippen molar-refractivity contribution in [3.63, 3.8) is 0 Å². The highest BCUT2D eigenvalue weighted by Crippen LogP contribution is 2.16. The van der Waals surface area contributed by atoms with Gasteiger partial charge in [0.05, 0.1) is 4.92 Å². The third kappa shape index (κ3) is 3.73. The van der Waals surface area contributed by atoms with Crippen LogP contribution in [0.25, 0.3) is 23.1 Å². The fourth-order valence-electron chi connectivity index (χ4n) is 2.45. The number of hydrogen-bond donors (Lipinski definition) is 0. The van der Waals surface area contributed by atoms with Gasteiger partial charge >= 0.3 is 0 Å². The van der Waals surface area contributed by atoms with Crippen molar-refractivity contribution in [3.05, 3.63) is 82.0 Å². The number of aryl methyl sites for hydroxylation is 1. The Bertz CT molecular complexity index is 891. The van der Waals surface area contributed by atoms with Crippen LogP contribution in [-0.4, -0.2) is 4.92 Å². The van der Waals surface area contributed by atoms with E-state index in [4.69, 9.17) is 0 Å². The Balaban J connectivity index is 0.00000192. The Morgan fingerprint density at radius 2 is 1.78 bits per heavy atom. The Morgan fingerprint density at radius 3 is 2.57 bits per heavy atom. The topological polar surface area (TPSA) is 47.0 Å². The number of hydrogen-bond acceptors (Lipinski definition) is 2. The molecule has 3 aromatic rings. The molecule has 0 atom stereocenters. The zero-order valence-corrected chi connectivity index (χ0v) is 14.7. The third-order valence-electron chi connectivity index (χ3n) is 3.65. The number of benzene rings is 2. The van der Waals surface area contributed by atoms with Crippen molar-refractivity contribution in [2.45, 2.75) is 0 Å². The molecule has 0 amide bonds. The number of nitro benzene ring substituents is 1. The second-order valence-electron chi connectivity index (χ2n) is 5.06. The molecule has 0 radical (unpaired) electrons. The van der Waals surface area contributed by atoms with Crippen molar-refractivity contribution >= 4 is 28.7 Å². The van der Waals surface area contributed by atoms with Gasteiger partial charge < -0.3 is 24.0 Å². The second kappa shape index (κ2) is 7.32. The maximum absolute atomic E-state index is 10.8. The minimum Gasteiger partial charge on any atom is -1.00 e. The Morgan fingerprint density at radius 1 is 1.00 bits per heavy atom. The summed E-state index contributed by atoms with van der Waals surface area (Å²) in [7, 11) is 2.01. The molecular weight excluding hydrogens is 403 g/mol. The number of nitro groups is 1. The van der Waals surface area contributed by atoms with Crippen molar-refractivity contribution in [1.82, 2.24) is 0 Å². The molecular formula is C18H15IN2O2. The first-order valence-corrected chi connectivity index (χ1v) is 6.95. The molecule has 0 unspecified atom stereocenters. The predicted molar refractivity (Wildman–Crippen MR) is 87.1 cm³/mol. The average molecular weight is 418 g/mol. The van der Waals surface area contributed by atoms with Crippen molar-refractivity contribution in [2.75, 3.05) is 0 Å². The summed E-state index contributed by atoms with van der Waals surface area (Å²) in [5.74, 6) is 0. The number of rotatable bonds is 3. The van der Waals surface area contributed by atoms with Crippen molar-refractivity contribution in [1.29, 1.82) is 0 Å². The average Bonchev–Trinajstić information content (AvgIpc) is 2.55. The standard InChI is InChI=1S/C18H15N2O2.HI/c1-19-16(12-10-15-6-2-3-8-18(15)19)11-9-14-5-4-7-17(13-14)20(21)22;/h2-13H,1H3;1H/q+1;/p-1/b11-9-;. The van der Waals surface area contributed by atoms with E-state index in [1.54, 1.807) is 12.1 Å². The van der Waals surface area contributed by atoms with Gasteiger partial charge in [-0.05, 0) is 23.8 Å². The van der Waals surface area contributed by atoms with E-state index in [1.165, 1.54) is 11.5 Å². The fourth-order valence-corrected chi connectivity index (χ4v) is 2.45. The van der Waals surface area contributed by atoms with Gasteiger partial charge in [0.2, 0.25) is 11.2 Å². The molecule has 23 heavy (non-hydrogen) atoms. The first-order valence-electron chi connectivity index (χ1n) is 6.95. The summed E-state index contributed by atoms with van der Waals surface area (Å²) >= 11 is 0. The van der Waals surface area contributed by atoms with E-state index in [0.717, 1.165) is 16.8 Å². The van der Waals surface area contributed by atoms with Crippen LogP contribution in [0.5, 0.6) is 0 Å². The van der Waals surface area contributed by atoms with Crippen LogP contribution >= 0.6 is 0 Å². The predicted octanol–water partition coefficient (Wildman–Crippen LogP) is 0.747. The van der Waals surface area contributed by atoms with Gasteiger partial charge in [0.25, 0.3) is 5.69 Å². The normalized spacial score (nSPS) is 10.7. The molecule has 4 nitrogen and oxygen atoms in total. The van der Waals surface area contributed by atoms with Gasteiger partial charge in [0, 0.05) is 35.7 Å². The quantitative estimate of drug-likeness (QED) is 0.273. The first kappa shape index (κ1) is 17.1. The molecule has 0 aliphatic rings. The smallest absolute Gasteiger partial charge is 0.270 e. The summed E-state index contributed by atoms with van der Waals surface area (Å²) in [5.41, 5.74) is 3.08. The van der Waals surface area contributed by atoms with Gasteiger partial charge in [-0.3, -0.25) is 10.1 Å². The fraction of sp³-hybridized carbons (Fsp3) is 0.0556. The van der Waals surface area contributed by atoms with E-state index in [2.05, 4.69) is 22.8 Å². The van der Waals surface area contributed by atoms with E-state index >= 15 is 0 Å². The summed E-state index contributed by atoms with van der Waals surface area (Å²) < 4.78 is 2.10. The summed E-state index contributed by atoms with van der Waals surface area (Å²) in [6, 6.07) is 18.9. The SMILES string of the molecule is C[n+]1c(/C=C\c2cccc([N+](=O)[O-])c2)ccc2ccccc21.[I-]. The van der Waals surface area contributed by atoms with Crippen LogP contribution in [0.4, 0.5) is 5.69 Å². The highest BCUT2D eigenvalue weighted by Gasteiger charge is 2.08. The molecule has 5 heteroatoms. The van der Waals surface area contributed by atoms with Crippen LogP contribution in [0.15, 0.2) is 60.7 Å². The number of nitrogens with zero attached hydrogens (tertiary/aromatic N) is 2. The van der Waals surface area contributed by atoms with Gasteiger partial charge in [-0.25, -0.2) is 0 Å². The van der Waals surface area contributed by atoms with Crippen molar-refractivity contribution in [2.24, 2.45) is 7.05 Å². The summed E-state index contributed by atoms with van der Waals surface area (Å²) in [5, 5.41) is 12.0. The maximum Gasteiger partial charge on any atom is 0.270 e. The Hall–Kier alpha value is -2.28. The van der Waals surface area contributed by atoms with Crippen LogP contribution < -0.4 is 28.5 Å². The minimum atomic E-state index is -0.382. The minimum absolute atomic E-state index is 0. The molecule has 1 aromatic heterocycles. The molecule has 0 fully saturated rings. The van der Waals surface area contributed by atoms with E-state index in [1.807, 2.05) is 43.5 Å². The molecule has 0 aliphatic heterocycles. The molecule has 0 bridgehead atoms. The van der Waals surface area contributed by atoms with Gasteiger partial charge in [-0.15, -0.1) is 0 Å². The monoisotopic (exact) mass is 418 g/mol. The van der Waals surface area contributed by atoms with Crippen LogP contribution in [0.1, 0.15) is 11.3 Å². The molecule has 1 heterocycles. The van der Waals surface area contributed by atoms with Crippen LogP contribution in [0, 0.1) is 10.1 Å². The number of pyridine rings is 1. The maximum atomic E-state index is 10.8. The number of non-ortho nitro benzene ring substituents is 1. The first-order chi connectivity index (χ1) is 10.6. The van der Waals surface area contributed by atoms with Crippen molar-refractivity contribution < 1.29 is 33.5 Å². The van der Waals surface area contributed by atoms with Gasteiger partial charge in [-0.1, -0.05) is 24.3 Å². The summed E-state index contributed by atoms with van der Waals surface area (Å²) in [6.45, 7) is 0. The third-order valence-corrected chi connectivity index (χ3v) is 3.65. The highest BCUT2D eigenvalue weighted by molar-refractivity contribution is 5.77. The lowest BCUT2D eigenvalue weighted by atomic mass is 10.1. The zero-order valence-electron chi connectivity index (χ0n) is 12.5. The van der Waals surface area contributed by atoms with Gasteiger partial charge in [0.1, 0.15) is 7.05 Å². The molecule has 3 rings (SSSR count). The Kier molecular flexibility index (Phi) is 5.44. The van der Waals surface area contributed by atoms with E-state index in [0.29, 0.717) is 0 Å². The zero-order chi connectivity index (χ0) is 15.5. The number of fused-ring (bicyclic) bond motifs is 1. The lowest BCUT2D eigenvalue weighted by Crippen LogP contribution is -3.00. The highest BCUT2D eigenvalue weighted by atomic mass is 127. The van der Waals surface area contributed by atoms with Crippen LogP contribution in [-0.2, 0) is 7.05 Å². The van der Waals surface area contributed by atoms with Gasteiger partial charge in [-0.2, -0.15) is 4.57 Å². The summed E-state index contributed by atoms with van der Waals surface area (Å²) in [4.78, 5) is 10.4. The van der Waals surface area contributed by atoms with E-state index in [9.17, 15) is 10.1 Å². The van der Waals surface area contributed by atoms with Crippen LogP contribution in [0.2, 0.25) is 0 Å². The summed E-state index contributed by atoms with van der Waals surface area (Å²) in [6.07, 6.45) is 3.85. The molecule has 116 valence electrons. The lowest BCUT2D eigenvalue weighted by molar-refractivity contribution is -0.646. The van der Waals surface area contributed by atoms with Gasteiger partial charge in [0.15, 0.2) is 0 Å². The molecule has 0 saturated heterocycles. The Labute approximate surface area is 151 Å². The molecule has 0 spiro atoms. The van der Waals surface area contributed by atoms with E-state index < -0.39 is 0 Å². The number of aromatic nitrogens is 1. The lowest BCUT2D eigenvalue weighted by Gasteiger charge is -2.00. The van der Waals surface area contributed by atoms with E-state index in [-0.39, 0.29) is 34.6 Å².